The molecule has 0 aromatic heterocycles. The van der Waals surface area contributed by atoms with Crippen LogP contribution in [-0.2, 0) is 23.8 Å². The molecule has 3 unspecified atom stereocenters. The molecule has 0 aliphatic heterocycles. The van der Waals surface area contributed by atoms with Gasteiger partial charge in [0.15, 0.2) is 0 Å². The largest absolute Gasteiger partial charge is 0.242 e. The SMILES string of the molecule is CC(C)(C)S(=O)NC1C2CCC1Cc1ccccc1C2. The summed E-state index contributed by atoms with van der Waals surface area (Å²) in [6, 6.07) is 9.26. The lowest BCUT2D eigenvalue weighted by atomic mass is 9.94. The third kappa shape index (κ3) is 2.71. The van der Waals surface area contributed by atoms with Gasteiger partial charge in [0, 0.05) is 6.04 Å². The minimum absolute atomic E-state index is 0.182. The van der Waals surface area contributed by atoms with Gasteiger partial charge >= 0.3 is 0 Å². The second-order valence-corrected chi connectivity index (χ2v) is 9.30. The Bertz CT molecular complexity index is 487. The average molecular weight is 291 g/mol. The van der Waals surface area contributed by atoms with Crippen molar-refractivity contribution in [1.29, 1.82) is 0 Å². The standard InChI is InChI=1S/C17H25NOS/c1-17(2,3)20(19)18-16-14-8-9-15(16)11-13-7-5-4-6-12(13)10-14/h4-7,14-16,18H,8-11H2,1-3H3. The molecule has 3 rings (SSSR count). The lowest BCUT2D eigenvalue weighted by Crippen LogP contribution is -2.44. The first kappa shape index (κ1) is 14.3. The summed E-state index contributed by atoms with van der Waals surface area (Å²) in [4.78, 5) is 0. The van der Waals surface area contributed by atoms with Crippen molar-refractivity contribution in [2.45, 2.75) is 57.2 Å². The van der Waals surface area contributed by atoms with Crippen molar-refractivity contribution in [2.24, 2.45) is 11.8 Å². The summed E-state index contributed by atoms with van der Waals surface area (Å²) in [7, 11) is -0.959. The molecule has 0 heterocycles. The highest BCUT2D eigenvalue weighted by molar-refractivity contribution is 7.84. The average Bonchev–Trinajstić information content (AvgIpc) is 2.64. The Morgan fingerprint density at radius 3 is 2.00 bits per heavy atom. The lowest BCUT2D eigenvalue weighted by molar-refractivity contribution is 0.391. The molecule has 1 aromatic rings. The zero-order chi connectivity index (χ0) is 14.3. The van der Waals surface area contributed by atoms with Gasteiger partial charge in [-0.3, -0.25) is 0 Å². The molecule has 0 amide bonds. The maximum Gasteiger partial charge on any atom is 0.0972 e. The first-order valence-corrected chi connectivity index (χ1v) is 8.85. The highest BCUT2D eigenvalue weighted by Gasteiger charge is 2.40. The molecule has 2 aliphatic rings. The first-order chi connectivity index (χ1) is 9.45. The second-order valence-electron chi connectivity index (χ2n) is 7.30. The molecule has 1 N–H and O–H groups in total. The highest BCUT2D eigenvalue weighted by atomic mass is 32.2. The fourth-order valence-electron chi connectivity index (χ4n) is 3.64. The zero-order valence-corrected chi connectivity index (χ0v) is 13.5. The minimum Gasteiger partial charge on any atom is -0.242 e. The van der Waals surface area contributed by atoms with E-state index >= 15 is 0 Å². The summed E-state index contributed by atoms with van der Waals surface area (Å²) in [5.74, 6) is 1.30. The number of hydrogen-bond donors (Lipinski definition) is 1. The first-order valence-electron chi connectivity index (χ1n) is 7.70. The molecule has 20 heavy (non-hydrogen) atoms. The predicted molar refractivity (Wildman–Crippen MR) is 84.9 cm³/mol. The number of benzene rings is 1. The normalized spacial score (nSPS) is 30.6. The molecule has 0 saturated heterocycles. The molecular formula is C17H25NOS. The molecule has 2 bridgehead atoms. The second kappa shape index (κ2) is 5.27. The summed E-state index contributed by atoms with van der Waals surface area (Å²) in [5.41, 5.74) is 3.01. The Hall–Kier alpha value is -0.670. The maximum absolute atomic E-state index is 12.4. The van der Waals surface area contributed by atoms with Crippen LogP contribution in [0.3, 0.4) is 0 Å². The Morgan fingerprint density at radius 2 is 1.55 bits per heavy atom. The summed E-state index contributed by atoms with van der Waals surface area (Å²) in [6.07, 6.45) is 4.84. The van der Waals surface area contributed by atoms with E-state index in [9.17, 15) is 4.21 Å². The third-order valence-corrected chi connectivity index (χ3v) is 6.40. The Morgan fingerprint density at radius 1 is 1.05 bits per heavy atom. The van der Waals surface area contributed by atoms with Crippen molar-refractivity contribution >= 4 is 11.0 Å². The van der Waals surface area contributed by atoms with E-state index in [1.54, 1.807) is 0 Å². The van der Waals surface area contributed by atoms with Crippen LogP contribution in [0, 0.1) is 11.8 Å². The molecular weight excluding hydrogens is 266 g/mol. The molecule has 0 spiro atoms. The molecule has 2 nitrogen and oxygen atoms in total. The van der Waals surface area contributed by atoms with Crippen LogP contribution in [0.4, 0.5) is 0 Å². The topological polar surface area (TPSA) is 29.1 Å². The predicted octanol–water partition coefficient (Wildman–Crippen LogP) is 3.23. The Balaban J connectivity index is 1.81. The monoisotopic (exact) mass is 291 g/mol. The molecule has 1 aromatic carbocycles. The van der Waals surface area contributed by atoms with E-state index < -0.39 is 11.0 Å². The van der Waals surface area contributed by atoms with Crippen LogP contribution in [0.25, 0.3) is 0 Å². The quantitative estimate of drug-likeness (QED) is 0.890. The summed E-state index contributed by atoms with van der Waals surface area (Å²) in [6.45, 7) is 6.14. The fourth-order valence-corrected chi connectivity index (χ4v) is 4.63. The minimum atomic E-state index is -0.959. The van der Waals surface area contributed by atoms with Crippen LogP contribution in [0.15, 0.2) is 24.3 Å². The van der Waals surface area contributed by atoms with Gasteiger partial charge < -0.3 is 0 Å². The van der Waals surface area contributed by atoms with Crippen molar-refractivity contribution in [2.75, 3.05) is 0 Å². The van der Waals surface area contributed by atoms with Gasteiger partial charge in [0.2, 0.25) is 0 Å². The van der Waals surface area contributed by atoms with Gasteiger partial charge in [0.25, 0.3) is 0 Å². The number of rotatable bonds is 2. The van der Waals surface area contributed by atoms with Gasteiger partial charge in [0.05, 0.1) is 15.7 Å². The van der Waals surface area contributed by atoms with Gasteiger partial charge in [-0.25, -0.2) is 8.93 Å². The molecule has 1 fully saturated rings. The van der Waals surface area contributed by atoms with E-state index in [4.69, 9.17) is 0 Å². The Kier molecular flexibility index (Phi) is 3.76. The molecule has 3 heteroatoms. The molecule has 110 valence electrons. The number of fused-ring (bicyclic) bond motifs is 3. The Labute approximate surface area is 124 Å². The zero-order valence-electron chi connectivity index (χ0n) is 12.7. The third-order valence-electron chi connectivity index (χ3n) is 4.81. The van der Waals surface area contributed by atoms with Gasteiger partial charge in [-0.15, -0.1) is 0 Å². The van der Waals surface area contributed by atoms with E-state index in [-0.39, 0.29) is 4.75 Å². The number of hydrogen-bond acceptors (Lipinski definition) is 1. The van der Waals surface area contributed by atoms with Crippen molar-refractivity contribution in [1.82, 2.24) is 4.72 Å². The molecule has 3 atom stereocenters. The van der Waals surface area contributed by atoms with Crippen LogP contribution < -0.4 is 4.72 Å². The van der Waals surface area contributed by atoms with Crippen LogP contribution in [-0.4, -0.2) is 15.0 Å². The van der Waals surface area contributed by atoms with Crippen LogP contribution in [0.1, 0.15) is 44.7 Å². The summed E-state index contributed by atoms with van der Waals surface area (Å²) < 4.78 is 15.7. The van der Waals surface area contributed by atoms with Crippen molar-refractivity contribution < 1.29 is 4.21 Å². The van der Waals surface area contributed by atoms with Gasteiger partial charge in [-0.05, 0) is 69.4 Å². The van der Waals surface area contributed by atoms with E-state index in [0.717, 1.165) is 12.8 Å². The van der Waals surface area contributed by atoms with E-state index in [1.165, 1.54) is 24.0 Å². The van der Waals surface area contributed by atoms with Gasteiger partial charge in [0.1, 0.15) is 0 Å². The number of nitrogens with one attached hydrogen (secondary N) is 1. The molecule has 2 aliphatic carbocycles. The van der Waals surface area contributed by atoms with Crippen molar-refractivity contribution in [3.05, 3.63) is 35.4 Å². The van der Waals surface area contributed by atoms with E-state index in [0.29, 0.717) is 17.9 Å². The maximum atomic E-state index is 12.4. The van der Waals surface area contributed by atoms with Crippen molar-refractivity contribution in [3.8, 4) is 0 Å². The van der Waals surface area contributed by atoms with Crippen molar-refractivity contribution in [3.63, 3.8) is 0 Å². The molecule has 0 radical (unpaired) electrons. The highest BCUT2D eigenvalue weighted by Crippen LogP contribution is 2.40. The van der Waals surface area contributed by atoms with Gasteiger partial charge in [-0.2, -0.15) is 0 Å². The van der Waals surface area contributed by atoms with Crippen LogP contribution in [0.5, 0.6) is 0 Å². The summed E-state index contributed by atoms with van der Waals surface area (Å²) >= 11 is 0. The van der Waals surface area contributed by atoms with E-state index in [2.05, 4.69) is 29.0 Å². The molecule has 1 saturated carbocycles. The van der Waals surface area contributed by atoms with Crippen LogP contribution in [0.2, 0.25) is 0 Å². The van der Waals surface area contributed by atoms with E-state index in [1.807, 2.05) is 20.8 Å². The smallest absolute Gasteiger partial charge is 0.0972 e. The van der Waals surface area contributed by atoms with Gasteiger partial charge in [-0.1, -0.05) is 24.3 Å². The fraction of sp³-hybridized carbons (Fsp3) is 0.647. The van der Waals surface area contributed by atoms with Crippen LogP contribution >= 0.6 is 0 Å². The lowest BCUT2D eigenvalue weighted by Gasteiger charge is -2.27. The summed E-state index contributed by atoms with van der Waals surface area (Å²) in [5, 5.41) is 0.